The topological polar surface area (TPSA) is 66.2 Å². The van der Waals surface area contributed by atoms with Crippen LogP contribution in [0.25, 0.3) is 17.0 Å². The second-order valence-corrected chi connectivity index (χ2v) is 3.48. The first-order chi connectivity index (χ1) is 7.88. The van der Waals surface area contributed by atoms with Crippen molar-refractivity contribution in [2.75, 3.05) is 0 Å². The highest BCUT2D eigenvalue weighted by Crippen LogP contribution is 2.15. The highest BCUT2D eigenvalue weighted by molar-refractivity contribution is 5.56. The monoisotopic (exact) mass is 214 g/mol. The summed E-state index contributed by atoms with van der Waals surface area (Å²) in [5.41, 5.74) is 3.19. The number of fused-ring (bicyclic) bond motifs is 1. The van der Waals surface area contributed by atoms with Crippen LogP contribution in [-0.4, -0.2) is 24.7 Å². The highest BCUT2D eigenvalue weighted by atomic mass is 16.3. The van der Waals surface area contributed by atoms with Gasteiger partial charge in [-0.1, -0.05) is 0 Å². The molecule has 3 heterocycles. The van der Waals surface area contributed by atoms with E-state index in [9.17, 15) is 0 Å². The molecule has 3 aromatic heterocycles. The van der Waals surface area contributed by atoms with Gasteiger partial charge in [-0.25, -0.2) is 9.50 Å². The fourth-order valence-corrected chi connectivity index (χ4v) is 1.66. The van der Waals surface area contributed by atoms with E-state index in [0.717, 1.165) is 17.0 Å². The SMILES string of the molecule is OCc1cnc2ccc(-c3ccc[nH]3)nn12. The van der Waals surface area contributed by atoms with Crippen molar-refractivity contribution in [3.8, 4) is 11.4 Å². The molecule has 16 heavy (non-hydrogen) atoms. The number of nitrogens with zero attached hydrogens (tertiary/aromatic N) is 3. The van der Waals surface area contributed by atoms with Gasteiger partial charge in [-0.3, -0.25) is 0 Å². The number of aliphatic hydroxyl groups is 1. The Bertz CT molecular complexity index is 612. The maximum atomic E-state index is 9.14. The molecule has 3 aromatic rings. The van der Waals surface area contributed by atoms with Gasteiger partial charge in [-0.15, -0.1) is 0 Å². The number of aliphatic hydroxyl groups excluding tert-OH is 1. The third kappa shape index (κ3) is 1.30. The van der Waals surface area contributed by atoms with Crippen molar-refractivity contribution < 1.29 is 5.11 Å². The Kier molecular flexibility index (Phi) is 1.97. The lowest BCUT2D eigenvalue weighted by Gasteiger charge is -2.00. The largest absolute Gasteiger partial charge is 0.390 e. The maximum absolute atomic E-state index is 9.14. The first kappa shape index (κ1) is 9.11. The zero-order chi connectivity index (χ0) is 11.0. The summed E-state index contributed by atoms with van der Waals surface area (Å²) in [5.74, 6) is 0. The van der Waals surface area contributed by atoms with Gasteiger partial charge in [-0.05, 0) is 24.3 Å². The molecule has 0 saturated heterocycles. The molecule has 0 radical (unpaired) electrons. The molecular formula is C11H10N4O. The zero-order valence-electron chi connectivity index (χ0n) is 8.46. The Morgan fingerprint density at radius 1 is 1.31 bits per heavy atom. The van der Waals surface area contributed by atoms with Crippen LogP contribution in [0.3, 0.4) is 0 Å². The van der Waals surface area contributed by atoms with Crippen LogP contribution in [0, 0.1) is 0 Å². The number of rotatable bonds is 2. The predicted octanol–water partition coefficient (Wildman–Crippen LogP) is 1.22. The van der Waals surface area contributed by atoms with E-state index < -0.39 is 0 Å². The van der Waals surface area contributed by atoms with Gasteiger partial charge in [-0.2, -0.15) is 5.10 Å². The standard InChI is InChI=1S/C11H10N4O/c16-7-8-6-13-11-4-3-10(14-15(8)11)9-2-1-5-12-9/h1-6,12,16H,7H2. The normalized spacial score (nSPS) is 11.1. The lowest BCUT2D eigenvalue weighted by Crippen LogP contribution is -1.99. The summed E-state index contributed by atoms with van der Waals surface area (Å²) in [5, 5.41) is 13.5. The molecule has 0 aliphatic heterocycles. The number of nitrogens with one attached hydrogen (secondary N) is 1. The van der Waals surface area contributed by atoms with E-state index in [1.807, 2.05) is 30.5 Å². The molecule has 80 valence electrons. The first-order valence-electron chi connectivity index (χ1n) is 4.97. The molecular weight excluding hydrogens is 204 g/mol. The van der Waals surface area contributed by atoms with E-state index in [-0.39, 0.29) is 6.61 Å². The number of aromatic amines is 1. The van der Waals surface area contributed by atoms with Gasteiger partial charge in [0.15, 0.2) is 5.65 Å². The number of hydrogen-bond acceptors (Lipinski definition) is 3. The molecule has 3 rings (SSSR count). The van der Waals surface area contributed by atoms with Crippen LogP contribution in [0.5, 0.6) is 0 Å². The van der Waals surface area contributed by atoms with Crippen LogP contribution >= 0.6 is 0 Å². The van der Waals surface area contributed by atoms with Crippen molar-refractivity contribution >= 4 is 5.65 Å². The summed E-state index contributed by atoms with van der Waals surface area (Å²) in [6.45, 7) is -0.0671. The Hall–Kier alpha value is -2.14. The van der Waals surface area contributed by atoms with Gasteiger partial charge in [0.2, 0.25) is 0 Å². The highest BCUT2D eigenvalue weighted by Gasteiger charge is 2.06. The zero-order valence-corrected chi connectivity index (χ0v) is 8.46. The fourth-order valence-electron chi connectivity index (χ4n) is 1.66. The molecule has 0 aliphatic carbocycles. The van der Waals surface area contributed by atoms with Crippen molar-refractivity contribution in [1.82, 2.24) is 19.6 Å². The lowest BCUT2D eigenvalue weighted by atomic mass is 10.3. The molecule has 2 N–H and O–H groups in total. The van der Waals surface area contributed by atoms with Gasteiger partial charge in [0, 0.05) is 6.20 Å². The quantitative estimate of drug-likeness (QED) is 0.674. The number of imidazole rings is 1. The van der Waals surface area contributed by atoms with E-state index in [1.54, 1.807) is 10.7 Å². The van der Waals surface area contributed by atoms with Crippen LogP contribution in [0.15, 0.2) is 36.7 Å². The molecule has 0 aromatic carbocycles. The van der Waals surface area contributed by atoms with Crippen LogP contribution < -0.4 is 0 Å². The summed E-state index contributed by atoms with van der Waals surface area (Å²) < 4.78 is 1.65. The van der Waals surface area contributed by atoms with E-state index in [0.29, 0.717) is 5.69 Å². The van der Waals surface area contributed by atoms with Crippen molar-refractivity contribution in [2.45, 2.75) is 6.61 Å². The minimum Gasteiger partial charge on any atom is -0.390 e. The van der Waals surface area contributed by atoms with Gasteiger partial charge in [0.1, 0.15) is 5.69 Å². The molecule has 0 atom stereocenters. The molecule has 5 heteroatoms. The Balaban J connectivity index is 2.21. The second kappa shape index (κ2) is 3.46. The summed E-state index contributed by atoms with van der Waals surface area (Å²) in [4.78, 5) is 7.23. The number of hydrogen-bond donors (Lipinski definition) is 2. The van der Waals surface area contributed by atoms with Crippen molar-refractivity contribution in [3.05, 3.63) is 42.4 Å². The smallest absolute Gasteiger partial charge is 0.153 e. The van der Waals surface area contributed by atoms with Crippen LogP contribution in [-0.2, 0) is 6.61 Å². The molecule has 0 spiro atoms. The van der Waals surface area contributed by atoms with E-state index in [4.69, 9.17) is 5.11 Å². The predicted molar refractivity (Wildman–Crippen MR) is 58.7 cm³/mol. The Morgan fingerprint density at radius 3 is 3.00 bits per heavy atom. The molecule has 0 fully saturated rings. The third-order valence-electron chi connectivity index (χ3n) is 2.47. The minimum absolute atomic E-state index is 0.0671. The van der Waals surface area contributed by atoms with Gasteiger partial charge in [0.05, 0.1) is 24.2 Å². The average molecular weight is 214 g/mol. The first-order valence-corrected chi connectivity index (χ1v) is 4.97. The van der Waals surface area contributed by atoms with Crippen LogP contribution in [0.4, 0.5) is 0 Å². The lowest BCUT2D eigenvalue weighted by molar-refractivity contribution is 0.274. The summed E-state index contributed by atoms with van der Waals surface area (Å²) >= 11 is 0. The molecule has 0 aliphatic rings. The summed E-state index contributed by atoms with van der Waals surface area (Å²) in [6.07, 6.45) is 3.48. The van der Waals surface area contributed by atoms with E-state index in [2.05, 4.69) is 15.1 Å². The van der Waals surface area contributed by atoms with Gasteiger partial charge >= 0.3 is 0 Å². The molecule has 0 saturated carbocycles. The molecule has 0 bridgehead atoms. The van der Waals surface area contributed by atoms with Crippen molar-refractivity contribution in [3.63, 3.8) is 0 Å². The van der Waals surface area contributed by atoms with Gasteiger partial charge in [0.25, 0.3) is 0 Å². The third-order valence-corrected chi connectivity index (χ3v) is 2.47. The van der Waals surface area contributed by atoms with Crippen molar-refractivity contribution in [1.29, 1.82) is 0 Å². The summed E-state index contributed by atoms with van der Waals surface area (Å²) in [6, 6.07) is 7.64. The number of H-pyrrole nitrogens is 1. The van der Waals surface area contributed by atoms with Crippen LogP contribution in [0.2, 0.25) is 0 Å². The molecule has 5 nitrogen and oxygen atoms in total. The molecule has 0 amide bonds. The summed E-state index contributed by atoms with van der Waals surface area (Å²) in [7, 11) is 0. The maximum Gasteiger partial charge on any atom is 0.153 e. The molecule has 0 unspecified atom stereocenters. The Labute approximate surface area is 91.4 Å². The van der Waals surface area contributed by atoms with E-state index >= 15 is 0 Å². The van der Waals surface area contributed by atoms with Crippen molar-refractivity contribution in [2.24, 2.45) is 0 Å². The van der Waals surface area contributed by atoms with Gasteiger partial charge < -0.3 is 10.1 Å². The fraction of sp³-hybridized carbons (Fsp3) is 0.0909. The average Bonchev–Trinajstić information content (AvgIpc) is 2.97. The Morgan fingerprint density at radius 2 is 2.25 bits per heavy atom. The van der Waals surface area contributed by atoms with E-state index in [1.165, 1.54) is 0 Å². The number of aromatic nitrogens is 4. The minimum atomic E-state index is -0.0671. The second-order valence-electron chi connectivity index (χ2n) is 3.48. The van der Waals surface area contributed by atoms with Crippen LogP contribution in [0.1, 0.15) is 5.69 Å².